The summed E-state index contributed by atoms with van der Waals surface area (Å²) in [5, 5.41) is 0. The Hall–Kier alpha value is -2.04. The number of nitrogen functional groups attached to an aromatic ring is 1. The first-order valence-electron chi connectivity index (χ1n) is 6.16. The van der Waals surface area contributed by atoms with Crippen LogP contribution >= 0.6 is 0 Å². The lowest BCUT2D eigenvalue weighted by Crippen LogP contribution is -2.45. The molecule has 0 atom stereocenters. The minimum Gasteiger partial charge on any atom is -0.457 e. The summed E-state index contributed by atoms with van der Waals surface area (Å²) in [7, 11) is 3.91. The normalized spacial score (nSPS) is 11.3. The summed E-state index contributed by atoms with van der Waals surface area (Å²) < 4.78 is 6.14. The quantitative estimate of drug-likeness (QED) is 0.383. The van der Waals surface area contributed by atoms with Gasteiger partial charge in [-0.2, -0.15) is 5.84 Å². The topological polar surface area (TPSA) is 61.3 Å². The first kappa shape index (κ1) is 13.4. The molecule has 2 rings (SSSR count). The standard InChI is InChI=1S/C15H20N3O/c1-18(2,17)11-12-3-7-14(8-4-12)19-15-9-5-13(16)6-10-15/h3-10H,11,16-17H2,1-2H3/q+1. The second-order valence-electron chi connectivity index (χ2n) is 5.25. The third kappa shape index (κ3) is 4.28. The fraction of sp³-hybridized carbons (Fsp3) is 0.200. The molecule has 0 amide bonds. The third-order valence-corrected chi connectivity index (χ3v) is 2.63. The maximum atomic E-state index is 5.94. The number of nitrogens with two attached hydrogens (primary N) is 2. The fourth-order valence-electron chi connectivity index (χ4n) is 1.81. The Bertz CT molecular complexity index is 527. The van der Waals surface area contributed by atoms with Crippen molar-refractivity contribution in [2.75, 3.05) is 19.8 Å². The van der Waals surface area contributed by atoms with E-state index in [9.17, 15) is 0 Å². The van der Waals surface area contributed by atoms with Crippen LogP contribution in [0.3, 0.4) is 0 Å². The van der Waals surface area contributed by atoms with Gasteiger partial charge in [0.1, 0.15) is 18.0 Å². The summed E-state index contributed by atoms with van der Waals surface area (Å²) in [6.07, 6.45) is 0. The van der Waals surface area contributed by atoms with Gasteiger partial charge in [0, 0.05) is 11.3 Å². The van der Waals surface area contributed by atoms with Crippen LogP contribution < -0.4 is 16.3 Å². The van der Waals surface area contributed by atoms with E-state index in [4.69, 9.17) is 16.3 Å². The van der Waals surface area contributed by atoms with Gasteiger partial charge in [-0.15, -0.1) is 0 Å². The molecule has 0 saturated heterocycles. The summed E-state index contributed by atoms with van der Waals surface area (Å²) >= 11 is 0. The number of ether oxygens (including phenoxy) is 1. The first-order valence-corrected chi connectivity index (χ1v) is 6.16. The third-order valence-electron chi connectivity index (χ3n) is 2.63. The Morgan fingerprint density at radius 2 is 1.37 bits per heavy atom. The number of quaternary nitrogens is 1. The lowest BCUT2D eigenvalue weighted by atomic mass is 10.2. The Balaban J connectivity index is 2.04. The smallest absolute Gasteiger partial charge is 0.127 e. The Kier molecular flexibility index (Phi) is 3.74. The van der Waals surface area contributed by atoms with Gasteiger partial charge in [-0.25, -0.2) is 4.59 Å². The molecule has 0 saturated carbocycles. The van der Waals surface area contributed by atoms with Crippen molar-refractivity contribution < 1.29 is 9.33 Å². The van der Waals surface area contributed by atoms with Crippen LogP contribution in [0.5, 0.6) is 11.5 Å². The molecule has 0 aliphatic rings. The molecule has 0 bridgehead atoms. The lowest BCUT2D eigenvalue weighted by Gasteiger charge is -2.22. The predicted molar refractivity (Wildman–Crippen MR) is 77.4 cm³/mol. The van der Waals surface area contributed by atoms with Crippen LogP contribution in [0, 0.1) is 0 Å². The zero-order valence-electron chi connectivity index (χ0n) is 11.3. The molecule has 100 valence electrons. The number of nitrogens with zero attached hydrogens (tertiary/aromatic N) is 1. The van der Waals surface area contributed by atoms with Crippen molar-refractivity contribution >= 4 is 5.69 Å². The molecular formula is C15H20N3O+. The molecule has 2 aromatic carbocycles. The van der Waals surface area contributed by atoms with Gasteiger partial charge in [-0.3, -0.25) is 0 Å². The van der Waals surface area contributed by atoms with Crippen LogP contribution in [-0.2, 0) is 6.54 Å². The van der Waals surface area contributed by atoms with E-state index in [1.54, 1.807) is 0 Å². The fourth-order valence-corrected chi connectivity index (χ4v) is 1.81. The van der Waals surface area contributed by atoms with Gasteiger partial charge >= 0.3 is 0 Å². The molecule has 0 unspecified atom stereocenters. The van der Waals surface area contributed by atoms with E-state index in [2.05, 4.69) is 0 Å². The van der Waals surface area contributed by atoms with E-state index in [0.717, 1.165) is 23.7 Å². The molecule has 0 aromatic heterocycles. The second kappa shape index (κ2) is 5.30. The van der Waals surface area contributed by atoms with E-state index in [1.807, 2.05) is 62.6 Å². The molecular weight excluding hydrogens is 238 g/mol. The van der Waals surface area contributed by atoms with Gasteiger partial charge in [-0.05, 0) is 48.5 Å². The molecule has 4 nitrogen and oxygen atoms in total. The molecule has 0 spiro atoms. The molecule has 0 radical (unpaired) electrons. The Morgan fingerprint density at radius 3 is 1.84 bits per heavy atom. The highest BCUT2D eigenvalue weighted by atomic mass is 16.5. The summed E-state index contributed by atoms with van der Waals surface area (Å²) in [4.78, 5) is 0. The maximum Gasteiger partial charge on any atom is 0.127 e. The highest BCUT2D eigenvalue weighted by Crippen LogP contribution is 2.22. The van der Waals surface area contributed by atoms with Crippen LogP contribution in [-0.4, -0.2) is 18.7 Å². The average Bonchev–Trinajstić information content (AvgIpc) is 2.33. The van der Waals surface area contributed by atoms with Crippen molar-refractivity contribution in [3.8, 4) is 11.5 Å². The second-order valence-corrected chi connectivity index (χ2v) is 5.25. The summed E-state index contributed by atoms with van der Waals surface area (Å²) in [6, 6.07) is 15.3. The summed E-state index contributed by atoms with van der Waals surface area (Å²) in [5.41, 5.74) is 7.53. The SMILES string of the molecule is C[N+](C)(N)Cc1ccc(Oc2ccc(N)cc2)cc1. The van der Waals surface area contributed by atoms with E-state index in [1.165, 1.54) is 5.56 Å². The van der Waals surface area contributed by atoms with E-state index >= 15 is 0 Å². The highest BCUT2D eigenvalue weighted by Gasteiger charge is 2.09. The maximum absolute atomic E-state index is 5.94. The largest absolute Gasteiger partial charge is 0.457 e. The molecule has 0 aliphatic carbocycles. The van der Waals surface area contributed by atoms with Gasteiger partial charge < -0.3 is 10.5 Å². The van der Waals surface area contributed by atoms with E-state index < -0.39 is 0 Å². The van der Waals surface area contributed by atoms with Gasteiger partial charge in [0.25, 0.3) is 0 Å². The molecule has 4 heteroatoms. The first-order chi connectivity index (χ1) is 8.92. The van der Waals surface area contributed by atoms with Gasteiger partial charge in [-0.1, -0.05) is 0 Å². The Morgan fingerprint density at radius 1 is 0.895 bits per heavy atom. The average molecular weight is 258 g/mol. The van der Waals surface area contributed by atoms with Crippen molar-refractivity contribution in [2.45, 2.75) is 6.54 Å². The number of hydrogen-bond donors (Lipinski definition) is 2. The number of hydrogen-bond acceptors (Lipinski definition) is 3. The van der Waals surface area contributed by atoms with Crippen LogP contribution in [0.15, 0.2) is 48.5 Å². The summed E-state index contributed by atoms with van der Waals surface area (Å²) in [5.74, 6) is 7.51. The van der Waals surface area contributed by atoms with E-state index in [0.29, 0.717) is 4.59 Å². The monoisotopic (exact) mass is 258 g/mol. The van der Waals surface area contributed by atoms with Crippen LogP contribution in [0.25, 0.3) is 0 Å². The number of anilines is 1. The zero-order valence-corrected chi connectivity index (χ0v) is 11.3. The molecule has 19 heavy (non-hydrogen) atoms. The van der Waals surface area contributed by atoms with Crippen molar-refractivity contribution in [3.05, 3.63) is 54.1 Å². The van der Waals surface area contributed by atoms with Gasteiger partial charge in [0.05, 0.1) is 14.1 Å². The predicted octanol–water partition coefficient (Wildman–Crippen LogP) is 2.51. The van der Waals surface area contributed by atoms with Crippen LogP contribution in [0.4, 0.5) is 5.69 Å². The molecule has 4 N–H and O–H groups in total. The van der Waals surface area contributed by atoms with Crippen molar-refractivity contribution in [1.82, 2.24) is 0 Å². The van der Waals surface area contributed by atoms with Crippen LogP contribution in [0.2, 0.25) is 0 Å². The van der Waals surface area contributed by atoms with Crippen LogP contribution in [0.1, 0.15) is 5.56 Å². The Labute approximate surface area is 113 Å². The minimum atomic E-state index is 0.415. The highest BCUT2D eigenvalue weighted by molar-refractivity contribution is 5.43. The minimum absolute atomic E-state index is 0.415. The molecule has 0 fully saturated rings. The van der Waals surface area contributed by atoms with Crippen molar-refractivity contribution in [3.63, 3.8) is 0 Å². The van der Waals surface area contributed by atoms with E-state index in [-0.39, 0.29) is 0 Å². The lowest BCUT2D eigenvalue weighted by molar-refractivity contribution is -0.915. The number of rotatable bonds is 4. The van der Waals surface area contributed by atoms with Crippen molar-refractivity contribution in [1.29, 1.82) is 0 Å². The number of benzene rings is 2. The molecule has 0 heterocycles. The summed E-state index contributed by atoms with van der Waals surface area (Å²) in [6.45, 7) is 0.780. The van der Waals surface area contributed by atoms with Crippen molar-refractivity contribution in [2.24, 2.45) is 5.84 Å². The zero-order chi connectivity index (χ0) is 13.9. The molecule has 2 aromatic rings. The van der Waals surface area contributed by atoms with Gasteiger partial charge in [0.15, 0.2) is 0 Å². The molecule has 0 aliphatic heterocycles. The van der Waals surface area contributed by atoms with Gasteiger partial charge in [0.2, 0.25) is 0 Å².